The maximum atomic E-state index is 13.9. The molecule has 0 saturated carbocycles. The number of ether oxygens (including phenoxy) is 2. The SMILES string of the molecule is CC(=O)O[C@@H](C(=O)NCc1nc(Cc2c(C)cccc2C)cs1)[C@@H](OC(C)=O)C(=O)N1CCCC1c1ccccc1C. The molecule has 9 nitrogen and oxygen atoms in total. The minimum atomic E-state index is -1.66. The smallest absolute Gasteiger partial charge is 0.303 e. The maximum Gasteiger partial charge on any atom is 0.303 e. The number of amides is 2. The maximum absolute atomic E-state index is 13.9. The second kappa shape index (κ2) is 13.7. The second-order valence-corrected chi connectivity index (χ2v) is 11.5. The Kier molecular flexibility index (Phi) is 10.1. The Morgan fingerprint density at radius 2 is 1.60 bits per heavy atom. The van der Waals surface area contributed by atoms with Gasteiger partial charge in [-0.05, 0) is 61.4 Å². The molecule has 2 amide bonds. The van der Waals surface area contributed by atoms with Gasteiger partial charge in [-0.2, -0.15) is 0 Å². The van der Waals surface area contributed by atoms with Crippen molar-refractivity contribution < 1.29 is 28.7 Å². The average molecular weight is 592 g/mol. The number of aryl methyl sites for hydroxylation is 3. The Morgan fingerprint density at radius 3 is 2.26 bits per heavy atom. The molecular formula is C32H37N3O6S. The molecule has 1 saturated heterocycles. The molecule has 42 heavy (non-hydrogen) atoms. The molecule has 1 fully saturated rings. The molecule has 1 unspecified atom stereocenters. The number of esters is 2. The number of aromatic nitrogens is 1. The van der Waals surface area contributed by atoms with E-state index in [1.165, 1.54) is 28.0 Å². The van der Waals surface area contributed by atoms with Crippen LogP contribution in [0.3, 0.4) is 0 Å². The molecule has 1 aromatic heterocycles. The van der Waals surface area contributed by atoms with Crippen LogP contribution in [0.15, 0.2) is 47.8 Å². The van der Waals surface area contributed by atoms with Gasteiger partial charge < -0.3 is 19.7 Å². The molecule has 0 aliphatic carbocycles. The number of carbonyl (C=O) groups excluding carboxylic acids is 4. The Balaban J connectivity index is 1.51. The first-order chi connectivity index (χ1) is 20.0. The summed E-state index contributed by atoms with van der Waals surface area (Å²) in [6.07, 6.45) is -1.16. The second-order valence-electron chi connectivity index (χ2n) is 10.6. The van der Waals surface area contributed by atoms with E-state index in [1.807, 2.05) is 42.6 Å². The van der Waals surface area contributed by atoms with E-state index in [0.717, 1.165) is 43.5 Å². The number of rotatable bonds is 10. The predicted molar refractivity (Wildman–Crippen MR) is 159 cm³/mol. The van der Waals surface area contributed by atoms with Crippen molar-refractivity contribution in [3.63, 3.8) is 0 Å². The summed E-state index contributed by atoms with van der Waals surface area (Å²) in [4.78, 5) is 57.7. The van der Waals surface area contributed by atoms with E-state index in [1.54, 1.807) is 4.90 Å². The van der Waals surface area contributed by atoms with Crippen molar-refractivity contribution in [3.8, 4) is 0 Å². The molecule has 0 bridgehead atoms. The molecule has 0 radical (unpaired) electrons. The highest BCUT2D eigenvalue weighted by molar-refractivity contribution is 7.09. The lowest BCUT2D eigenvalue weighted by atomic mass is 9.99. The van der Waals surface area contributed by atoms with E-state index in [2.05, 4.69) is 36.3 Å². The summed E-state index contributed by atoms with van der Waals surface area (Å²) in [7, 11) is 0. The fourth-order valence-corrected chi connectivity index (χ4v) is 6.15. The molecule has 1 N–H and O–H groups in total. The van der Waals surface area contributed by atoms with Gasteiger partial charge in [-0.25, -0.2) is 4.98 Å². The Labute approximate surface area is 250 Å². The number of thiazole rings is 1. The van der Waals surface area contributed by atoms with Crippen LogP contribution < -0.4 is 5.32 Å². The lowest BCUT2D eigenvalue weighted by molar-refractivity contribution is -0.178. The van der Waals surface area contributed by atoms with Crippen LogP contribution >= 0.6 is 11.3 Å². The van der Waals surface area contributed by atoms with E-state index < -0.39 is 36.0 Å². The number of nitrogens with one attached hydrogen (secondary N) is 1. The summed E-state index contributed by atoms with van der Waals surface area (Å²) < 4.78 is 10.7. The van der Waals surface area contributed by atoms with Gasteiger partial charge in [-0.3, -0.25) is 19.2 Å². The first kappa shape index (κ1) is 30.9. The zero-order valence-electron chi connectivity index (χ0n) is 24.6. The summed E-state index contributed by atoms with van der Waals surface area (Å²) in [5, 5.41) is 5.32. The number of likely N-dealkylation sites (tertiary alicyclic amines) is 1. The highest BCUT2D eigenvalue weighted by atomic mass is 32.1. The molecule has 1 aliphatic rings. The van der Waals surface area contributed by atoms with Crippen molar-refractivity contribution in [1.82, 2.24) is 15.2 Å². The van der Waals surface area contributed by atoms with E-state index in [-0.39, 0.29) is 12.6 Å². The van der Waals surface area contributed by atoms with Gasteiger partial charge in [0, 0.05) is 32.2 Å². The fraction of sp³-hybridized carbons (Fsp3) is 0.406. The van der Waals surface area contributed by atoms with Gasteiger partial charge in [0.25, 0.3) is 11.8 Å². The normalized spacial score (nSPS) is 16.0. The summed E-state index contributed by atoms with van der Waals surface area (Å²) in [6, 6.07) is 13.7. The van der Waals surface area contributed by atoms with E-state index in [4.69, 9.17) is 9.47 Å². The van der Waals surface area contributed by atoms with Gasteiger partial charge in [0.1, 0.15) is 5.01 Å². The van der Waals surface area contributed by atoms with Crippen LogP contribution in [0.5, 0.6) is 0 Å². The van der Waals surface area contributed by atoms with Gasteiger partial charge in [-0.1, -0.05) is 42.5 Å². The highest BCUT2D eigenvalue weighted by Gasteiger charge is 2.44. The van der Waals surface area contributed by atoms with E-state index >= 15 is 0 Å². The lowest BCUT2D eigenvalue weighted by Crippen LogP contribution is -2.53. The minimum Gasteiger partial charge on any atom is -0.448 e. The van der Waals surface area contributed by atoms with Gasteiger partial charge in [0.15, 0.2) is 0 Å². The third kappa shape index (κ3) is 7.42. The van der Waals surface area contributed by atoms with Crippen LogP contribution in [-0.4, -0.2) is 52.4 Å². The van der Waals surface area contributed by atoms with Crippen molar-refractivity contribution in [2.24, 2.45) is 0 Å². The molecule has 4 rings (SSSR count). The number of hydrogen-bond acceptors (Lipinski definition) is 8. The van der Waals surface area contributed by atoms with Crippen molar-refractivity contribution in [2.45, 2.75) is 78.7 Å². The Hall–Kier alpha value is -4.05. The average Bonchev–Trinajstić information content (AvgIpc) is 3.61. The molecule has 10 heteroatoms. The minimum absolute atomic E-state index is 0.0601. The molecule has 2 heterocycles. The van der Waals surface area contributed by atoms with Crippen molar-refractivity contribution in [3.05, 3.63) is 86.4 Å². The Morgan fingerprint density at radius 1 is 0.952 bits per heavy atom. The monoisotopic (exact) mass is 591 g/mol. The molecule has 0 spiro atoms. The summed E-state index contributed by atoms with van der Waals surface area (Å²) in [6.45, 7) is 8.88. The topological polar surface area (TPSA) is 115 Å². The molecule has 2 aromatic carbocycles. The fourth-order valence-electron chi connectivity index (χ4n) is 5.41. The van der Waals surface area contributed by atoms with Crippen molar-refractivity contribution >= 4 is 35.1 Å². The van der Waals surface area contributed by atoms with Gasteiger partial charge >= 0.3 is 11.9 Å². The largest absolute Gasteiger partial charge is 0.448 e. The van der Waals surface area contributed by atoms with Crippen LogP contribution in [0, 0.1) is 20.8 Å². The number of nitrogens with zero attached hydrogens (tertiary/aromatic N) is 2. The number of carbonyl (C=O) groups is 4. The summed E-state index contributed by atoms with van der Waals surface area (Å²) in [5.41, 5.74) is 6.47. The molecular weight excluding hydrogens is 554 g/mol. The number of benzene rings is 2. The van der Waals surface area contributed by atoms with Gasteiger partial charge in [0.05, 0.1) is 18.3 Å². The van der Waals surface area contributed by atoms with Crippen LogP contribution in [-0.2, 0) is 41.6 Å². The Bertz CT molecular complexity index is 1450. The number of hydrogen-bond donors (Lipinski definition) is 1. The molecule has 3 atom stereocenters. The standard InChI is InChI=1S/C32H37N3O6S/c1-19-10-6-7-13-25(19)27-14-9-15-35(27)32(39)30(41-23(5)37)29(40-22(4)36)31(38)33-17-28-34-24(18-42-28)16-26-20(2)11-8-12-21(26)3/h6-8,10-13,18,27,29-30H,9,14-17H2,1-5H3,(H,33,38)/t27?,29-,30-/m1/s1. The van der Waals surface area contributed by atoms with Crippen LogP contribution in [0.25, 0.3) is 0 Å². The van der Waals surface area contributed by atoms with Crippen molar-refractivity contribution in [1.29, 1.82) is 0 Å². The first-order valence-electron chi connectivity index (χ1n) is 14.0. The van der Waals surface area contributed by atoms with Crippen LogP contribution in [0.1, 0.15) is 71.2 Å². The summed E-state index contributed by atoms with van der Waals surface area (Å²) in [5.74, 6) is -2.87. The first-order valence-corrected chi connectivity index (χ1v) is 14.9. The zero-order chi connectivity index (χ0) is 30.4. The predicted octanol–water partition coefficient (Wildman–Crippen LogP) is 4.50. The third-order valence-corrected chi connectivity index (χ3v) is 8.36. The van der Waals surface area contributed by atoms with Crippen LogP contribution in [0.4, 0.5) is 0 Å². The zero-order valence-corrected chi connectivity index (χ0v) is 25.5. The summed E-state index contributed by atoms with van der Waals surface area (Å²) >= 11 is 1.40. The van der Waals surface area contributed by atoms with Crippen molar-refractivity contribution in [2.75, 3.05) is 6.54 Å². The quantitative estimate of drug-likeness (QED) is 0.345. The lowest BCUT2D eigenvalue weighted by Gasteiger charge is -2.32. The van der Waals surface area contributed by atoms with Crippen LogP contribution in [0.2, 0.25) is 0 Å². The third-order valence-electron chi connectivity index (χ3n) is 7.46. The van der Waals surface area contributed by atoms with Gasteiger partial charge in [-0.15, -0.1) is 11.3 Å². The van der Waals surface area contributed by atoms with Gasteiger partial charge in [0.2, 0.25) is 12.2 Å². The van der Waals surface area contributed by atoms with E-state index in [0.29, 0.717) is 18.0 Å². The molecule has 3 aromatic rings. The highest BCUT2D eigenvalue weighted by Crippen LogP contribution is 2.35. The molecule has 222 valence electrons. The molecule has 1 aliphatic heterocycles. The van der Waals surface area contributed by atoms with E-state index in [9.17, 15) is 19.2 Å².